The van der Waals surface area contributed by atoms with Crippen molar-refractivity contribution in [3.8, 4) is 16.9 Å². The molecule has 6 heteroatoms. The fourth-order valence-electron chi connectivity index (χ4n) is 3.03. The molecule has 136 valence electrons. The van der Waals surface area contributed by atoms with E-state index in [9.17, 15) is 9.59 Å². The summed E-state index contributed by atoms with van der Waals surface area (Å²) < 4.78 is 5.25. The molecule has 2 N–H and O–H groups in total. The van der Waals surface area contributed by atoms with Gasteiger partial charge in [-0.1, -0.05) is 24.3 Å². The van der Waals surface area contributed by atoms with Gasteiger partial charge in [-0.2, -0.15) is 0 Å². The molecule has 1 unspecified atom stereocenters. The highest BCUT2D eigenvalue weighted by Gasteiger charge is 2.23. The highest BCUT2D eigenvalue weighted by atomic mass is 16.5. The van der Waals surface area contributed by atoms with E-state index in [1.807, 2.05) is 48.5 Å². The lowest BCUT2D eigenvalue weighted by atomic mass is 10.1. The van der Waals surface area contributed by atoms with Gasteiger partial charge in [0, 0.05) is 31.7 Å². The monoisotopic (exact) mass is 353 g/mol. The Bertz CT molecular complexity index is 789. The lowest BCUT2D eigenvalue weighted by Gasteiger charge is -2.30. The zero-order valence-electron chi connectivity index (χ0n) is 15.0. The van der Waals surface area contributed by atoms with Gasteiger partial charge in [0.2, 0.25) is 5.91 Å². The number of anilines is 1. The second-order valence-corrected chi connectivity index (χ2v) is 6.42. The fraction of sp³-hybridized carbons (Fsp3) is 0.300. The minimum Gasteiger partial charge on any atom is -0.497 e. The molecule has 3 rings (SSSR count). The normalized spacial score (nSPS) is 16.9. The summed E-state index contributed by atoms with van der Waals surface area (Å²) in [5, 5.41) is 5.76. The van der Waals surface area contributed by atoms with E-state index >= 15 is 0 Å². The van der Waals surface area contributed by atoms with Crippen molar-refractivity contribution in [3.05, 3.63) is 48.5 Å². The molecule has 1 saturated heterocycles. The molecular weight excluding hydrogens is 330 g/mol. The molecule has 1 heterocycles. The number of benzene rings is 2. The minimum absolute atomic E-state index is 0.0197. The number of carbonyl (C=O) groups is 2. The van der Waals surface area contributed by atoms with Crippen molar-refractivity contribution < 1.29 is 14.3 Å². The molecule has 26 heavy (non-hydrogen) atoms. The number of ether oxygens (including phenoxy) is 1. The van der Waals surface area contributed by atoms with Crippen LogP contribution >= 0.6 is 0 Å². The van der Waals surface area contributed by atoms with Crippen LogP contribution in [0.15, 0.2) is 48.5 Å². The number of rotatable bonds is 4. The first-order valence-electron chi connectivity index (χ1n) is 8.61. The summed E-state index contributed by atoms with van der Waals surface area (Å²) in [6.07, 6.45) is 1.14. The summed E-state index contributed by atoms with van der Waals surface area (Å²) in [7, 11) is 3.40. The molecule has 0 bridgehead atoms. The van der Waals surface area contributed by atoms with Gasteiger partial charge in [0.25, 0.3) is 0 Å². The van der Waals surface area contributed by atoms with Crippen molar-refractivity contribution in [2.75, 3.05) is 26.0 Å². The number of amides is 3. The molecular formula is C20H23N3O3. The van der Waals surface area contributed by atoms with E-state index in [1.165, 1.54) is 0 Å². The predicted molar refractivity (Wildman–Crippen MR) is 101 cm³/mol. The first-order valence-corrected chi connectivity index (χ1v) is 8.61. The number of hydrogen-bond acceptors (Lipinski definition) is 3. The zero-order valence-corrected chi connectivity index (χ0v) is 15.0. The number of likely N-dealkylation sites (N-methyl/N-ethyl adjacent to an activating group) is 1. The molecule has 1 atom stereocenters. The number of likely N-dealkylation sites (tertiary alicyclic amines) is 1. The first-order chi connectivity index (χ1) is 12.5. The van der Waals surface area contributed by atoms with Gasteiger partial charge in [-0.05, 0) is 41.8 Å². The number of nitrogens with one attached hydrogen (secondary N) is 2. The molecule has 3 amide bonds. The summed E-state index contributed by atoms with van der Waals surface area (Å²) >= 11 is 0. The number of nitrogens with zero attached hydrogens (tertiary/aromatic N) is 1. The van der Waals surface area contributed by atoms with Gasteiger partial charge in [0.1, 0.15) is 5.75 Å². The average molecular weight is 353 g/mol. The number of urea groups is 1. The summed E-state index contributed by atoms with van der Waals surface area (Å²) in [6.45, 7) is 0.543. The van der Waals surface area contributed by atoms with Gasteiger partial charge in [-0.3, -0.25) is 4.79 Å². The molecule has 0 saturated carbocycles. The predicted octanol–water partition coefficient (Wildman–Crippen LogP) is 3.10. The molecule has 0 aromatic heterocycles. The van der Waals surface area contributed by atoms with Crippen LogP contribution < -0.4 is 15.4 Å². The maximum atomic E-state index is 12.2. The average Bonchev–Trinajstić information content (AvgIpc) is 2.65. The van der Waals surface area contributed by atoms with Crippen molar-refractivity contribution in [2.24, 2.45) is 0 Å². The third kappa shape index (κ3) is 4.33. The standard InChI is InChI=1S/C20H23N3O3/c1-23-13-17(10-11-19(23)24)22-20(25)21-16-8-6-14(7-9-16)15-4-3-5-18(12-15)26-2/h3-9,12,17H,10-11,13H2,1-2H3,(H2,21,22,25). The fourth-order valence-corrected chi connectivity index (χ4v) is 3.03. The third-order valence-corrected chi connectivity index (χ3v) is 4.51. The quantitative estimate of drug-likeness (QED) is 0.887. The molecule has 1 aliphatic heterocycles. The van der Waals surface area contributed by atoms with Gasteiger partial charge < -0.3 is 20.3 Å². The molecule has 0 radical (unpaired) electrons. The molecule has 0 spiro atoms. The Kier molecular flexibility index (Phi) is 5.41. The van der Waals surface area contributed by atoms with Gasteiger partial charge in [0.05, 0.1) is 7.11 Å². The van der Waals surface area contributed by atoms with E-state index in [1.54, 1.807) is 19.1 Å². The van der Waals surface area contributed by atoms with Gasteiger partial charge in [-0.15, -0.1) is 0 Å². The van der Waals surface area contributed by atoms with Crippen LogP contribution in [0.1, 0.15) is 12.8 Å². The second kappa shape index (κ2) is 7.91. The van der Waals surface area contributed by atoms with E-state index in [2.05, 4.69) is 10.6 Å². The maximum absolute atomic E-state index is 12.2. The Labute approximate surface area is 153 Å². The Morgan fingerprint density at radius 2 is 1.92 bits per heavy atom. The number of carbonyl (C=O) groups excluding carboxylic acids is 2. The SMILES string of the molecule is COc1cccc(-c2ccc(NC(=O)NC3CCC(=O)N(C)C3)cc2)c1. The van der Waals surface area contributed by atoms with Crippen LogP contribution in [0, 0.1) is 0 Å². The lowest BCUT2D eigenvalue weighted by Crippen LogP contribution is -2.49. The maximum Gasteiger partial charge on any atom is 0.319 e. The van der Waals surface area contributed by atoms with Crippen molar-refractivity contribution >= 4 is 17.6 Å². The topological polar surface area (TPSA) is 70.7 Å². The van der Waals surface area contributed by atoms with E-state index in [0.717, 1.165) is 22.6 Å². The van der Waals surface area contributed by atoms with Crippen LogP contribution in [0.3, 0.4) is 0 Å². The third-order valence-electron chi connectivity index (χ3n) is 4.51. The van der Waals surface area contributed by atoms with Crippen molar-refractivity contribution in [2.45, 2.75) is 18.9 Å². The van der Waals surface area contributed by atoms with Crippen molar-refractivity contribution in [1.82, 2.24) is 10.2 Å². The number of piperidine rings is 1. The molecule has 1 aliphatic rings. The van der Waals surface area contributed by atoms with Crippen LogP contribution in [0.25, 0.3) is 11.1 Å². The summed E-state index contributed by atoms with van der Waals surface area (Å²) in [4.78, 5) is 25.3. The summed E-state index contributed by atoms with van der Waals surface area (Å²) in [6, 6.07) is 15.2. The number of methoxy groups -OCH3 is 1. The largest absolute Gasteiger partial charge is 0.497 e. The lowest BCUT2D eigenvalue weighted by molar-refractivity contribution is -0.132. The Balaban J connectivity index is 1.58. The van der Waals surface area contributed by atoms with E-state index in [0.29, 0.717) is 19.4 Å². The second-order valence-electron chi connectivity index (χ2n) is 6.42. The van der Waals surface area contributed by atoms with Crippen molar-refractivity contribution in [1.29, 1.82) is 0 Å². The van der Waals surface area contributed by atoms with Crippen LogP contribution in [0.2, 0.25) is 0 Å². The van der Waals surface area contributed by atoms with Gasteiger partial charge in [0.15, 0.2) is 0 Å². The van der Waals surface area contributed by atoms with Crippen LogP contribution in [-0.2, 0) is 4.79 Å². The molecule has 0 aliphatic carbocycles. The smallest absolute Gasteiger partial charge is 0.319 e. The van der Waals surface area contributed by atoms with Gasteiger partial charge in [-0.25, -0.2) is 4.79 Å². The molecule has 6 nitrogen and oxygen atoms in total. The Morgan fingerprint density at radius 1 is 1.15 bits per heavy atom. The Morgan fingerprint density at radius 3 is 2.62 bits per heavy atom. The zero-order chi connectivity index (χ0) is 18.5. The molecule has 2 aromatic carbocycles. The summed E-state index contributed by atoms with van der Waals surface area (Å²) in [5.41, 5.74) is 2.81. The number of hydrogen-bond donors (Lipinski definition) is 2. The van der Waals surface area contributed by atoms with Crippen LogP contribution in [0.4, 0.5) is 10.5 Å². The summed E-state index contributed by atoms with van der Waals surface area (Å²) in [5.74, 6) is 0.927. The molecule has 2 aromatic rings. The van der Waals surface area contributed by atoms with E-state index < -0.39 is 0 Å². The van der Waals surface area contributed by atoms with Crippen molar-refractivity contribution in [3.63, 3.8) is 0 Å². The highest BCUT2D eigenvalue weighted by Crippen LogP contribution is 2.25. The van der Waals surface area contributed by atoms with Crippen LogP contribution in [0.5, 0.6) is 5.75 Å². The van der Waals surface area contributed by atoms with Crippen LogP contribution in [-0.4, -0.2) is 43.6 Å². The Hall–Kier alpha value is -3.02. The first kappa shape index (κ1) is 17.8. The van der Waals surface area contributed by atoms with E-state index in [-0.39, 0.29) is 18.0 Å². The van der Waals surface area contributed by atoms with E-state index in [4.69, 9.17) is 4.74 Å². The minimum atomic E-state index is -0.258. The van der Waals surface area contributed by atoms with Gasteiger partial charge >= 0.3 is 6.03 Å². The molecule has 1 fully saturated rings. The highest BCUT2D eigenvalue weighted by molar-refractivity contribution is 5.90.